The summed E-state index contributed by atoms with van der Waals surface area (Å²) in [7, 11) is 0. The van der Waals surface area contributed by atoms with E-state index in [-0.39, 0.29) is 12.6 Å². The maximum atomic E-state index is 11.5. The quantitative estimate of drug-likeness (QED) is 0.501. The van der Waals surface area contributed by atoms with Gasteiger partial charge >= 0.3 is 5.97 Å². The van der Waals surface area contributed by atoms with Gasteiger partial charge in [-0.3, -0.25) is 0 Å². The van der Waals surface area contributed by atoms with Gasteiger partial charge in [0.1, 0.15) is 36.9 Å². The molecule has 140 valence electrons. The topological polar surface area (TPSA) is 54.0 Å². The Morgan fingerprint density at radius 2 is 1.46 bits per heavy atom. The van der Waals surface area contributed by atoms with Crippen LogP contribution in [0.2, 0.25) is 0 Å². The molecule has 0 aliphatic heterocycles. The van der Waals surface area contributed by atoms with E-state index in [0.717, 1.165) is 17.1 Å². The average Bonchev–Trinajstić information content (AvgIpc) is 2.60. The molecule has 0 atom stereocenters. The molecule has 26 heavy (non-hydrogen) atoms. The summed E-state index contributed by atoms with van der Waals surface area (Å²) in [4.78, 5) is 11.5. The Kier molecular flexibility index (Phi) is 7.48. The van der Waals surface area contributed by atoms with E-state index in [4.69, 9.17) is 18.9 Å². The lowest BCUT2D eigenvalue weighted by atomic mass is 10.2. The van der Waals surface area contributed by atoms with Crippen LogP contribution in [0.15, 0.2) is 54.6 Å². The van der Waals surface area contributed by atoms with E-state index in [1.807, 2.05) is 75.4 Å². The van der Waals surface area contributed by atoms with Crippen molar-refractivity contribution in [3.05, 3.63) is 60.2 Å². The molecular weight excluding hydrogens is 332 g/mol. The largest absolute Gasteiger partial charge is 0.491 e. The van der Waals surface area contributed by atoms with Crippen molar-refractivity contribution in [3.63, 3.8) is 0 Å². The van der Waals surface area contributed by atoms with Crippen LogP contribution in [0.3, 0.4) is 0 Å². The van der Waals surface area contributed by atoms with Crippen molar-refractivity contribution in [2.24, 2.45) is 0 Å². The summed E-state index contributed by atoms with van der Waals surface area (Å²) >= 11 is 0. The highest BCUT2D eigenvalue weighted by molar-refractivity contribution is 5.71. The highest BCUT2D eigenvalue weighted by atomic mass is 16.6. The first-order chi connectivity index (χ1) is 12.4. The van der Waals surface area contributed by atoms with Gasteiger partial charge in [-0.25, -0.2) is 4.79 Å². The maximum absolute atomic E-state index is 11.5. The second kappa shape index (κ2) is 9.82. The SMILES string of the molecule is CC(C)(C)OC(=O)COCCOc1ccc(OCc2ccccc2)cc1. The summed E-state index contributed by atoms with van der Waals surface area (Å²) in [5, 5.41) is 0. The lowest BCUT2D eigenvalue weighted by molar-refractivity contribution is -0.160. The number of rotatable bonds is 9. The van der Waals surface area contributed by atoms with Crippen molar-refractivity contribution in [2.75, 3.05) is 19.8 Å². The Balaban J connectivity index is 1.62. The Hall–Kier alpha value is -2.53. The van der Waals surface area contributed by atoms with E-state index in [0.29, 0.717) is 19.8 Å². The molecule has 5 heteroatoms. The summed E-state index contributed by atoms with van der Waals surface area (Å²) in [6.45, 7) is 6.58. The third kappa shape index (κ3) is 8.03. The second-order valence-corrected chi connectivity index (χ2v) is 6.73. The molecule has 0 bridgehead atoms. The van der Waals surface area contributed by atoms with Gasteiger partial charge in [-0.15, -0.1) is 0 Å². The molecule has 2 aromatic carbocycles. The van der Waals surface area contributed by atoms with Crippen LogP contribution in [0.5, 0.6) is 11.5 Å². The van der Waals surface area contributed by atoms with E-state index >= 15 is 0 Å². The minimum absolute atomic E-state index is 0.0765. The molecule has 2 rings (SSSR count). The summed E-state index contributed by atoms with van der Waals surface area (Å²) in [5.74, 6) is 1.12. The van der Waals surface area contributed by atoms with Gasteiger partial charge in [-0.05, 0) is 50.6 Å². The van der Waals surface area contributed by atoms with E-state index < -0.39 is 5.60 Å². The van der Waals surface area contributed by atoms with Crippen LogP contribution in [0.4, 0.5) is 0 Å². The number of carbonyl (C=O) groups is 1. The normalized spacial score (nSPS) is 11.0. The summed E-state index contributed by atoms with van der Waals surface area (Å²) in [6.07, 6.45) is 0. The van der Waals surface area contributed by atoms with Crippen molar-refractivity contribution >= 4 is 5.97 Å². The van der Waals surface area contributed by atoms with Crippen LogP contribution in [-0.2, 0) is 20.9 Å². The van der Waals surface area contributed by atoms with Crippen molar-refractivity contribution in [1.29, 1.82) is 0 Å². The first kappa shape index (κ1) is 19.8. The molecule has 0 N–H and O–H groups in total. The summed E-state index contributed by atoms with van der Waals surface area (Å²) in [5.41, 5.74) is 0.622. The van der Waals surface area contributed by atoms with Gasteiger partial charge in [0.15, 0.2) is 0 Å². The fraction of sp³-hybridized carbons (Fsp3) is 0.381. The van der Waals surface area contributed by atoms with Gasteiger partial charge in [-0.1, -0.05) is 30.3 Å². The lowest BCUT2D eigenvalue weighted by Gasteiger charge is -2.19. The molecule has 0 aliphatic carbocycles. The van der Waals surface area contributed by atoms with Crippen LogP contribution in [-0.4, -0.2) is 31.4 Å². The standard InChI is InChI=1S/C21H26O5/c1-21(2,3)26-20(22)16-23-13-14-24-18-9-11-19(12-10-18)25-15-17-7-5-4-6-8-17/h4-12H,13-16H2,1-3H3. The molecule has 0 radical (unpaired) electrons. The Morgan fingerprint density at radius 3 is 2.08 bits per heavy atom. The molecule has 2 aromatic rings. The summed E-state index contributed by atoms with van der Waals surface area (Å²) < 4.78 is 21.7. The molecule has 0 heterocycles. The zero-order chi connectivity index (χ0) is 18.8. The van der Waals surface area contributed by atoms with Crippen molar-refractivity contribution in [2.45, 2.75) is 33.0 Å². The highest BCUT2D eigenvalue weighted by Gasteiger charge is 2.15. The van der Waals surface area contributed by atoms with Crippen molar-refractivity contribution in [3.8, 4) is 11.5 Å². The van der Waals surface area contributed by atoms with Gasteiger partial charge in [0.25, 0.3) is 0 Å². The zero-order valence-corrected chi connectivity index (χ0v) is 15.6. The van der Waals surface area contributed by atoms with Crippen LogP contribution in [0, 0.1) is 0 Å². The third-order valence-electron chi connectivity index (χ3n) is 3.21. The molecule has 0 saturated carbocycles. The second-order valence-electron chi connectivity index (χ2n) is 6.73. The minimum Gasteiger partial charge on any atom is -0.491 e. The number of hydrogen-bond acceptors (Lipinski definition) is 5. The van der Waals surface area contributed by atoms with Crippen LogP contribution in [0.1, 0.15) is 26.3 Å². The van der Waals surface area contributed by atoms with Crippen LogP contribution < -0.4 is 9.47 Å². The lowest BCUT2D eigenvalue weighted by Crippen LogP contribution is -2.27. The fourth-order valence-electron chi connectivity index (χ4n) is 2.12. The molecule has 0 aromatic heterocycles. The predicted molar refractivity (Wildman–Crippen MR) is 99.4 cm³/mol. The van der Waals surface area contributed by atoms with Crippen molar-refractivity contribution < 1.29 is 23.7 Å². The van der Waals surface area contributed by atoms with E-state index in [1.54, 1.807) is 0 Å². The molecule has 0 aliphatic rings. The third-order valence-corrected chi connectivity index (χ3v) is 3.21. The van der Waals surface area contributed by atoms with Gasteiger partial charge in [0.05, 0.1) is 6.61 Å². The maximum Gasteiger partial charge on any atom is 0.332 e. The van der Waals surface area contributed by atoms with Crippen LogP contribution >= 0.6 is 0 Å². The Bertz CT molecular complexity index is 659. The first-order valence-corrected chi connectivity index (χ1v) is 8.61. The zero-order valence-electron chi connectivity index (χ0n) is 15.6. The predicted octanol–water partition coefficient (Wildman–Crippen LogP) is 4.00. The number of esters is 1. The van der Waals surface area contributed by atoms with E-state index in [1.165, 1.54) is 0 Å². The van der Waals surface area contributed by atoms with Crippen LogP contribution in [0.25, 0.3) is 0 Å². The number of benzene rings is 2. The molecule has 0 amide bonds. The average molecular weight is 358 g/mol. The molecule has 5 nitrogen and oxygen atoms in total. The van der Waals surface area contributed by atoms with E-state index in [2.05, 4.69) is 0 Å². The Labute approximate surface area is 154 Å². The van der Waals surface area contributed by atoms with E-state index in [9.17, 15) is 4.79 Å². The monoisotopic (exact) mass is 358 g/mol. The Morgan fingerprint density at radius 1 is 0.846 bits per heavy atom. The van der Waals surface area contributed by atoms with Gasteiger partial charge in [0.2, 0.25) is 0 Å². The molecular formula is C21H26O5. The highest BCUT2D eigenvalue weighted by Crippen LogP contribution is 2.18. The number of hydrogen-bond donors (Lipinski definition) is 0. The van der Waals surface area contributed by atoms with Gasteiger partial charge < -0.3 is 18.9 Å². The summed E-state index contributed by atoms with van der Waals surface area (Å²) in [6, 6.07) is 17.4. The number of carbonyl (C=O) groups excluding carboxylic acids is 1. The van der Waals surface area contributed by atoms with Gasteiger partial charge in [-0.2, -0.15) is 0 Å². The molecule has 0 spiro atoms. The smallest absolute Gasteiger partial charge is 0.332 e. The van der Waals surface area contributed by atoms with Gasteiger partial charge in [0, 0.05) is 0 Å². The van der Waals surface area contributed by atoms with Crippen molar-refractivity contribution in [1.82, 2.24) is 0 Å². The number of ether oxygens (including phenoxy) is 4. The molecule has 0 saturated heterocycles. The fourth-order valence-corrected chi connectivity index (χ4v) is 2.12. The first-order valence-electron chi connectivity index (χ1n) is 8.61. The minimum atomic E-state index is -0.499. The molecule has 0 fully saturated rings. The molecule has 0 unspecified atom stereocenters.